The van der Waals surface area contributed by atoms with Gasteiger partial charge in [-0.1, -0.05) is 24.3 Å². The SMILES string of the molecule is CC(C)N1[C@H]2Cc3ccccc3[C@H]2CS1(=O)=O. The van der Waals surface area contributed by atoms with Crippen LogP contribution < -0.4 is 0 Å². The number of nitrogens with zero attached hydrogens (tertiary/aromatic N) is 1. The lowest BCUT2D eigenvalue weighted by Gasteiger charge is -2.25. The van der Waals surface area contributed by atoms with Crippen molar-refractivity contribution in [3.63, 3.8) is 0 Å². The van der Waals surface area contributed by atoms with Gasteiger partial charge in [-0.25, -0.2) is 8.42 Å². The molecule has 0 saturated carbocycles. The molecule has 92 valence electrons. The van der Waals surface area contributed by atoms with Gasteiger partial charge >= 0.3 is 0 Å². The molecule has 0 unspecified atom stereocenters. The molecular formula is C13H17NO2S. The van der Waals surface area contributed by atoms with Crippen molar-refractivity contribution >= 4 is 10.0 Å². The molecule has 3 nitrogen and oxygen atoms in total. The lowest BCUT2D eigenvalue weighted by Crippen LogP contribution is -2.39. The fourth-order valence-corrected chi connectivity index (χ4v) is 5.65. The quantitative estimate of drug-likeness (QED) is 0.762. The van der Waals surface area contributed by atoms with Gasteiger partial charge in [0.1, 0.15) is 0 Å². The van der Waals surface area contributed by atoms with Gasteiger partial charge in [-0.3, -0.25) is 0 Å². The monoisotopic (exact) mass is 251 g/mol. The highest BCUT2D eigenvalue weighted by molar-refractivity contribution is 7.89. The zero-order chi connectivity index (χ0) is 12.2. The summed E-state index contributed by atoms with van der Waals surface area (Å²) in [5.41, 5.74) is 2.56. The molecule has 1 aliphatic carbocycles. The van der Waals surface area contributed by atoms with E-state index in [0.717, 1.165) is 6.42 Å². The van der Waals surface area contributed by atoms with Crippen LogP contribution in [0.25, 0.3) is 0 Å². The van der Waals surface area contributed by atoms with E-state index < -0.39 is 10.0 Å². The van der Waals surface area contributed by atoms with E-state index in [1.807, 2.05) is 26.0 Å². The van der Waals surface area contributed by atoms with E-state index in [0.29, 0.717) is 0 Å². The van der Waals surface area contributed by atoms with Gasteiger partial charge in [0.25, 0.3) is 0 Å². The number of hydrogen-bond donors (Lipinski definition) is 0. The first-order valence-corrected chi connectivity index (χ1v) is 7.70. The third-order valence-electron chi connectivity index (χ3n) is 3.90. The molecule has 1 saturated heterocycles. The van der Waals surface area contributed by atoms with Crippen molar-refractivity contribution < 1.29 is 8.42 Å². The molecule has 2 aliphatic rings. The minimum absolute atomic E-state index is 0.0595. The predicted molar refractivity (Wildman–Crippen MR) is 67.4 cm³/mol. The number of fused-ring (bicyclic) bond motifs is 3. The third-order valence-corrected chi connectivity index (χ3v) is 6.01. The van der Waals surface area contributed by atoms with Crippen LogP contribution in [0.5, 0.6) is 0 Å². The van der Waals surface area contributed by atoms with Crippen molar-refractivity contribution in [2.24, 2.45) is 0 Å². The van der Waals surface area contributed by atoms with Crippen LogP contribution in [0.2, 0.25) is 0 Å². The molecule has 4 heteroatoms. The van der Waals surface area contributed by atoms with Crippen LogP contribution in [0, 0.1) is 0 Å². The Morgan fingerprint density at radius 1 is 1.29 bits per heavy atom. The molecule has 1 aromatic carbocycles. The fraction of sp³-hybridized carbons (Fsp3) is 0.538. The molecule has 0 amide bonds. The van der Waals surface area contributed by atoms with Gasteiger partial charge in [-0.05, 0) is 31.4 Å². The number of sulfonamides is 1. The van der Waals surface area contributed by atoms with E-state index in [-0.39, 0.29) is 23.8 Å². The van der Waals surface area contributed by atoms with Crippen LogP contribution in [-0.4, -0.2) is 30.6 Å². The van der Waals surface area contributed by atoms with Crippen molar-refractivity contribution in [2.45, 2.75) is 38.3 Å². The molecule has 1 aromatic rings. The highest BCUT2D eigenvalue weighted by Crippen LogP contribution is 2.44. The lowest BCUT2D eigenvalue weighted by atomic mass is 10.0. The van der Waals surface area contributed by atoms with Gasteiger partial charge in [-0.2, -0.15) is 4.31 Å². The summed E-state index contributed by atoms with van der Waals surface area (Å²) in [6.07, 6.45) is 0.873. The summed E-state index contributed by atoms with van der Waals surface area (Å²) in [7, 11) is -3.05. The van der Waals surface area contributed by atoms with Gasteiger partial charge in [-0.15, -0.1) is 0 Å². The molecule has 1 heterocycles. The van der Waals surface area contributed by atoms with Gasteiger partial charge in [0.05, 0.1) is 5.75 Å². The molecule has 0 spiro atoms. The number of hydrogen-bond acceptors (Lipinski definition) is 2. The zero-order valence-corrected chi connectivity index (χ0v) is 10.9. The Bertz CT molecular complexity index is 550. The summed E-state index contributed by atoms with van der Waals surface area (Å²) >= 11 is 0. The Labute approximate surface area is 102 Å². The summed E-state index contributed by atoms with van der Waals surface area (Å²) in [6, 6.07) is 8.46. The van der Waals surface area contributed by atoms with Crippen LogP contribution in [-0.2, 0) is 16.4 Å². The second-order valence-corrected chi connectivity index (χ2v) is 7.20. The Balaban J connectivity index is 2.07. The van der Waals surface area contributed by atoms with E-state index >= 15 is 0 Å². The average Bonchev–Trinajstić information content (AvgIpc) is 2.68. The molecule has 2 atom stereocenters. The van der Waals surface area contributed by atoms with E-state index in [1.54, 1.807) is 4.31 Å². The van der Waals surface area contributed by atoms with Crippen LogP contribution in [0.1, 0.15) is 30.9 Å². The summed E-state index contributed by atoms with van der Waals surface area (Å²) in [6.45, 7) is 3.92. The molecule has 17 heavy (non-hydrogen) atoms. The van der Waals surface area contributed by atoms with Crippen molar-refractivity contribution in [1.29, 1.82) is 0 Å². The van der Waals surface area contributed by atoms with Crippen LogP contribution in [0.4, 0.5) is 0 Å². The minimum atomic E-state index is -3.05. The molecule has 1 aliphatic heterocycles. The average molecular weight is 251 g/mol. The maximum atomic E-state index is 12.2. The van der Waals surface area contributed by atoms with Crippen molar-refractivity contribution in [2.75, 3.05) is 5.75 Å². The standard InChI is InChI=1S/C13H17NO2S/c1-9(2)14-13-7-10-5-3-4-6-11(10)12(13)8-17(14,15)16/h3-6,9,12-13H,7-8H2,1-2H3/t12-,13+/m1/s1. The van der Waals surface area contributed by atoms with Crippen LogP contribution in [0.3, 0.4) is 0 Å². The highest BCUT2D eigenvalue weighted by atomic mass is 32.2. The first-order valence-electron chi connectivity index (χ1n) is 6.10. The molecule has 0 aromatic heterocycles. The van der Waals surface area contributed by atoms with E-state index in [1.165, 1.54) is 11.1 Å². The molecular weight excluding hydrogens is 234 g/mol. The second kappa shape index (κ2) is 3.56. The summed E-state index contributed by atoms with van der Waals surface area (Å²) in [4.78, 5) is 0. The molecule has 0 N–H and O–H groups in total. The summed E-state index contributed by atoms with van der Waals surface area (Å²) in [5.74, 6) is 0.464. The Kier molecular flexibility index (Phi) is 2.35. The number of benzene rings is 1. The van der Waals surface area contributed by atoms with E-state index in [9.17, 15) is 8.42 Å². The van der Waals surface area contributed by atoms with Crippen LogP contribution in [0.15, 0.2) is 24.3 Å². The summed E-state index contributed by atoms with van der Waals surface area (Å²) in [5, 5.41) is 0. The minimum Gasteiger partial charge on any atom is -0.212 e. The second-order valence-electron chi connectivity index (χ2n) is 5.28. The van der Waals surface area contributed by atoms with Crippen molar-refractivity contribution in [3.8, 4) is 0 Å². The normalized spacial score (nSPS) is 30.5. The molecule has 0 bridgehead atoms. The lowest BCUT2D eigenvalue weighted by molar-refractivity contribution is 0.287. The zero-order valence-electron chi connectivity index (χ0n) is 10.1. The van der Waals surface area contributed by atoms with Gasteiger partial charge in [0.2, 0.25) is 10.0 Å². The summed E-state index contributed by atoms with van der Waals surface area (Å²) < 4.78 is 26.0. The van der Waals surface area contributed by atoms with Crippen molar-refractivity contribution in [1.82, 2.24) is 4.31 Å². The topological polar surface area (TPSA) is 37.4 Å². The van der Waals surface area contributed by atoms with Crippen LogP contribution >= 0.6 is 0 Å². The van der Waals surface area contributed by atoms with Crippen molar-refractivity contribution in [3.05, 3.63) is 35.4 Å². The third kappa shape index (κ3) is 1.54. The van der Waals surface area contributed by atoms with Gasteiger partial charge in [0, 0.05) is 18.0 Å². The smallest absolute Gasteiger partial charge is 0.212 e. The van der Waals surface area contributed by atoms with E-state index in [4.69, 9.17) is 0 Å². The largest absolute Gasteiger partial charge is 0.215 e. The maximum Gasteiger partial charge on any atom is 0.215 e. The van der Waals surface area contributed by atoms with Gasteiger partial charge in [0.15, 0.2) is 0 Å². The maximum absolute atomic E-state index is 12.2. The Morgan fingerprint density at radius 3 is 2.71 bits per heavy atom. The number of rotatable bonds is 1. The Morgan fingerprint density at radius 2 is 2.00 bits per heavy atom. The predicted octanol–water partition coefficient (Wildman–Crippen LogP) is 1.75. The first-order chi connectivity index (χ1) is 8.00. The fourth-order valence-electron chi connectivity index (χ4n) is 3.35. The van der Waals surface area contributed by atoms with Gasteiger partial charge < -0.3 is 0 Å². The molecule has 1 fully saturated rings. The Hall–Kier alpha value is -0.870. The highest BCUT2D eigenvalue weighted by Gasteiger charge is 2.50. The first kappa shape index (κ1) is 11.2. The molecule has 3 rings (SSSR count). The van der Waals surface area contributed by atoms with E-state index in [2.05, 4.69) is 12.1 Å². The molecule has 0 radical (unpaired) electrons.